The highest BCUT2D eigenvalue weighted by molar-refractivity contribution is 9.10. The third-order valence-electron chi connectivity index (χ3n) is 5.04. The van der Waals surface area contributed by atoms with E-state index in [4.69, 9.17) is 9.47 Å². The average Bonchev–Trinajstić information content (AvgIpc) is 3.13. The highest BCUT2D eigenvalue weighted by Gasteiger charge is 2.32. The van der Waals surface area contributed by atoms with Crippen molar-refractivity contribution in [2.24, 2.45) is 0 Å². The Labute approximate surface area is 196 Å². The van der Waals surface area contributed by atoms with Crippen LogP contribution in [0.4, 0.5) is 5.69 Å². The summed E-state index contributed by atoms with van der Waals surface area (Å²) in [7, 11) is 0. The van der Waals surface area contributed by atoms with Gasteiger partial charge in [-0.1, -0.05) is 48.5 Å². The highest BCUT2D eigenvalue weighted by Crippen LogP contribution is 2.40. The molecule has 3 aromatic rings. The van der Waals surface area contributed by atoms with Crippen molar-refractivity contribution in [1.82, 2.24) is 0 Å². The van der Waals surface area contributed by atoms with Crippen molar-refractivity contribution in [3.05, 3.63) is 100 Å². The second kappa shape index (κ2) is 9.88. The Balaban J connectivity index is 1.79. The highest BCUT2D eigenvalue weighted by atomic mass is 79.9. The summed E-state index contributed by atoms with van der Waals surface area (Å²) < 4.78 is 12.3. The van der Waals surface area contributed by atoms with Crippen molar-refractivity contribution in [3.63, 3.8) is 0 Å². The molecule has 0 aliphatic carbocycles. The first-order chi connectivity index (χ1) is 15.6. The van der Waals surface area contributed by atoms with E-state index >= 15 is 0 Å². The summed E-state index contributed by atoms with van der Waals surface area (Å²) in [5.74, 6) is 1.36. The molecule has 1 aliphatic heterocycles. The van der Waals surface area contributed by atoms with Crippen molar-refractivity contribution < 1.29 is 14.3 Å². The van der Waals surface area contributed by atoms with E-state index in [1.54, 1.807) is 4.90 Å². The fourth-order valence-corrected chi connectivity index (χ4v) is 4.17. The fraction of sp³-hybridized carbons (Fsp3) is 0.148. The van der Waals surface area contributed by atoms with E-state index in [1.165, 1.54) is 0 Å². The van der Waals surface area contributed by atoms with Crippen LogP contribution in [0.25, 0.3) is 11.8 Å². The molecule has 0 fully saturated rings. The second-order valence-corrected chi connectivity index (χ2v) is 8.01. The van der Waals surface area contributed by atoms with Gasteiger partial charge < -0.3 is 9.47 Å². The maximum absolute atomic E-state index is 13.6. The molecule has 0 saturated carbocycles. The molecule has 4 nitrogen and oxygen atoms in total. The molecule has 0 spiro atoms. The van der Waals surface area contributed by atoms with Crippen LogP contribution in [-0.4, -0.2) is 19.1 Å². The number of para-hydroxylation sites is 2. The summed E-state index contributed by atoms with van der Waals surface area (Å²) in [6, 6.07) is 23.4. The molecule has 162 valence electrons. The van der Waals surface area contributed by atoms with E-state index in [0.29, 0.717) is 24.5 Å². The number of benzene rings is 3. The SMILES string of the molecule is CCOc1ccc(/C=C2\C=C(c3ccccc3)N(c3ccccc3OCC)C2=O)cc1Br. The zero-order valence-electron chi connectivity index (χ0n) is 18.0. The number of carbonyl (C=O) groups excluding carboxylic acids is 1. The predicted octanol–water partition coefficient (Wildman–Crippen LogP) is 6.72. The standard InChI is InChI=1S/C27H24BrNO3/c1-3-31-25-15-14-19(17-22(25)28)16-21-18-24(20-10-6-5-7-11-20)29(27(21)30)23-12-8-9-13-26(23)32-4-2/h5-18H,3-4H2,1-2H3/b21-16+. The van der Waals surface area contributed by atoms with Gasteiger partial charge in [0.1, 0.15) is 11.5 Å². The Bertz CT molecular complexity index is 1180. The monoisotopic (exact) mass is 489 g/mol. The minimum atomic E-state index is -0.0963. The first kappa shape index (κ1) is 21.9. The van der Waals surface area contributed by atoms with Crippen LogP contribution >= 0.6 is 15.9 Å². The molecule has 0 unspecified atom stereocenters. The lowest BCUT2D eigenvalue weighted by Crippen LogP contribution is -2.25. The first-order valence-corrected chi connectivity index (χ1v) is 11.4. The number of nitrogens with zero attached hydrogens (tertiary/aromatic N) is 1. The fourth-order valence-electron chi connectivity index (χ4n) is 3.65. The molecule has 0 saturated heterocycles. The van der Waals surface area contributed by atoms with Crippen molar-refractivity contribution >= 4 is 39.3 Å². The normalized spacial score (nSPS) is 14.6. The molecule has 32 heavy (non-hydrogen) atoms. The minimum Gasteiger partial charge on any atom is -0.493 e. The lowest BCUT2D eigenvalue weighted by Gasteiger charge is -2.23. The van der Waals surface area contributed by atoms with E-state index in [-0.39, 0.29) is 5.91 Å². The van der Waals surface area contributed by atoms with Crippen molar-refractivity contribution in [2.75, 3.05) is 18.1 Å². The van der Waals surface area contributed by atoms with Gasteiger partial charge >= 0.3 is 0 Å². The number of anilines is 1. The van der Waals surface area contributed by atoms with Crippen molar-refractivity contribution in [1.29, 1.82) is 0 Å². The van der Waals surface area contributed by atoms with Gasteiger partial charge in [-0.3, -0.25) is 9.69 Å². The molecule has 0 aromatic heterocycles. The Kier molecular flexibility index (Phi) is 6.76. The lowest BCUT2D eigenvalue weighted by molar-refractivity contribution is -0.113. The number of halogens is 1. The van der Waals surface area contributed by atoms with Crippen molar-refractivity contribution in [2.45, 2.75) is 13.8 Å². The van der Waals surface area contributed by atoms with Crippen LogP contribution in [0.2, 0.25) is 0 Å². The predicted molar refractivity (Wildman–Crippen MR) is 133 cm³/mol. The largest absolute Gasteiger partial charge is 0.493 e. The molecular formula is C27H24BrNO3. The molecule has 1 amide bonds. The van der Waals surface area contributed by atoms with E-state index in [2.05, 4.69) is 15.9 Å². The van der Waals surface area contributed by atoms with E-state index in [9.17, 15) is 4.79 Å². The van der Waals surface area contributed by atoms with Gasteiger partial charge in [-0.25, -0.2) is 0 Å². The molecule has 1 aliphatic rings. The van der Waals surface area contributed by atoms with Gasteiger partial charge in [0.2, 0.25) is 0 Å². The number of carbonyl (C=O) groups is 1. The lowest BCUT2D eigenvalue weighted by atomic mass is 10.1. The third-order valence-corrected chi connectivity index (χ3v) is 5.66. The smallest absolute Gasteiger partial charge is 0.263 e. The van der Waals surface area contributed by atoms with Crippen LogP contribution in [0.1, 0.15) is 25.0 Å². The zero-order chi connectivity index (χ0) is 22.5. The van der Waals surface area contributed by atoms with Gasteiger partial charge in [0.25, 0.3) is 5.91 Å². The topological polar surface area (TPSA) is 38.8 Å². The summed E-state index contributed by atoms with van der Waals surface area (Å²) >= 11 is 3.56. The van der Waals surface area contributed by atoms with Gasteiger partial charge in [-0.2, -0.15) is 0 Å². The second-order valence-electron chi connectivity index (χ2n) is 7.16. The molecule has 5 heteroatoms. The molecule has 1 heterocycles. The Morgan fingerprint density at radius 3 is 2.28 bits per heavy atom. The molecule has 4 rings (SSSR count). The Hall–Kier alpha value is -3.31. The summed E-state index contributed by atoms with van der Waals surface area (Å²) in [5.41, 5.74) is 4.02. The van der Waals surface area contributed by atoms with Crippen LogP contribution in [-0.2, 0) is 4.79 Å². The van der Waals surface area contributed by atoms with Gasteiger partial charge in [0.15, 0.2) is 0 Å². The molecule has 0 bridgehead atoms. The molecule has 0 N–H and O–H groups in total. The molecule has 0 atom stereocenters. The van der Waals surface area contributed by atoms with Gasteiger partial charge in [0.05, 0.1) is 29.1 Å². The van der Waals surface area contributed by atoms with Crippen LogP contribution in [0.5, 0.6) is 11.5 Å². The zero-order valence-corrected chi connectivity index (χ0v) is 19.6. The number of amides is 1. The maximum Gasteiger partial charge on any atom is 0.263 e. The molecule has 3 aromatic carbocycles. The van der Waals surface area contributed by atoms with Crippen LogP contribution < -0.4 is 14.4 Å². The number of rotatable bonds is 7. The van der Waals surface area contributed by atoms with Gasteiger partial charge in [-0.15, -0.1) is 0 Å². The third kappa shape index (κ3) is 4.48. The summed E-state index contributed by atoms with van der Waals surface area (Å²) in [5, 5.41) is 0. The number of hydrogen-bond acceptors (Lipinski definition) is 3. The summed E-state index contributed by atoms with van der Waals surface area (Å²) in [6.07, 6.45) is 3.83. The van der Waals surface area contributed by atoms with E-state index in [0.717, 1.165) is 32.7 Å². The summed E-state index contributed by atoms with van der Waals surface area (Å²) in [6.45, 7) is 5.00. The van der Waals surface area contributed by atoms with Crippen LogP contribution in [0.3, 0.4) is 0 Å². The number of hydrogen-bond donors (Lipinski definition) is 0. The minimum absolute atomic E-state index is 0.0963. The average molecular weight is 490 g/mol. The van der Waals surface area contributed by atoms with Gasteiger partial charge in [0, 0.05) is 5.57 Å². The Morgan fingerprint density at radius 1 is 0.875 bits per heavy atom. The molecule has 0 radical (unpaired) electrons. The van der Waals surface area contributed by atoms with Crippen LogP contribution in [0.15, 0.2) is 88.9 Å². The Morgan fingerprint density at radius 2 is 1.56 bits per heavy atom. The summed E-state index contributed by atoms with van der Waals surface area (Å²) in [4.78, 5) is 15.4. The van der Waals surface area contributed by atoms with E-state index in [1.807, 2.05) is 98.8 Å². The maximum atomic E-state index is 13.6. The van der Waals surface area contributed by atoms with E-state index < -0.39 is 0 Å². The van der Waals surface area contributed by atoms with Gasteiger partial charge in [-0.05, 0) is 77.3 Å². The first-order valence-electron chi connectivity index (χ1n) is 10.6. The molecular weight excluding hydrogens is 466 g/mol. The number of ether oxygens (including phenoxy) is 2. The van der Waals surface area contributed by atoms with Crippen molar-refractivity contribution in [3.8, 4) is 11.5 Å². The van der Waals surface area contributed by atoms with Crippen LogP contribution in [0, 0.1) is 0 Å². The quantitative estimate of drug-likeness (QED) is 0.345.